The van der Waals surface area contributed by atoms with Crippen LogP contribution in [0.25, 0.3) is 11.1 Å². The van der Waals surface area contributed by atoms with Crippen molar-refractivity contribution in [1.29, 1.82) is 0 Å². The first-order valence-corrected chi connectivity index (χ1v) is 7.94. The summed E-state index contributed by atoms with van der Waals surface area (Å²) in [5, 5.41) is 6.38. The fourth-order valence-electron chi connectivity index (χ4n) is 3.07. The molecule has 0 aliphatic carbocycles. The highest BCUT2D eigenvalue weighted by molar-refractivity contribution is 6.04. The summed E-state index contributed by atoms with van der Waals surface area (Å²) in [6, 6.07) is 17.9. The molecule has 4 rings (SSSR count). The predicted molar refractivity (Wildman–Crippen MR) is 94.6 cm³/mol. The normalized spacial score (nSPS) is 12.7. The molecule has 0 radical (unpaired) electrons. The van der Waals surface area contributed by atoms with Gasteiger partial charge in [0.05, 0.1) is 5.56 Å². The van der Waals surface area contributed by atoms with Crippen LogP contribution in [0.5, 0.6) is 0 Å². The van der Waals surface area contributed by atoms with Gasteiger partial charge in [-0.05, 0) is 46.5 Å². The van der Waals surface area contributed by atoms with E-state index < -0.39 is 0 Å². The second-order valence-electron chi connectivity index (χ2n) is 5.83. The first kappa shape index (κ1) is 14.6. The number of hydrogen-bond donors (Lipinski definition) is 2. The van der Waals surface area contributed by atoms with Crippen molar-refractivity contribution in [3.8, 4) is 11.1 Å². The van der Waals surface area contributed by atoms with Gasteiger partial charge in [0.1, 0.15) is 0 Å². The maximum Gasteiger partial charge on any atom is 0.257 e. The second-order valence-corrected chi connectivity index (χ2v) is 5.83. The van der Waals surface area contributed by atoms with Crippen LogP contribution < -0.4 is 10.6 Å². The summed E-state index contributed by atoms with van der Waals surface area (Å²) in [6.07, 6.45) is 3.23. The molecule has 4 heteroatoms. The van der Waals surface area contributed by atoms with Crippen molar-refractivity contribution in [2.45, 2.75) is 13.1 Å². The van der Waals surface area contributed by atoms with E-state index in [4.69, 9.17) is 0 Å². The molecule has 0 saturated heterocycles. The average molecular weight is 315 g/mol. The number of pyridine rings is 1. The van der Waals surface area contributed by atoms with Gasteiger partial charge in [-0.3, -0.25) is 9.78 Å². The van der Waals surface area contributed by atoms with E-state index in [2.05, 4.69) is 39.9 Å². The molecule has 0 spiro atoms. The Morgan fingerprint density at radius 2 is 1.92 bits per heavy atom. The predicted octanol–water partition coefficient (Wildman–Crippen LogP) is 3.60. The number of anilines is 1. The van der Waals surface area contributed by atoms with Crippen LogP contribution in [-0.4, -0.2) is 10.9 Å². The number of nitrogens with zero attached hydrogens (tertiary/aromatic N) is 1. The standard InChI is InChI=1S/C20H17N3O/c24-20(15-7-4-8-21-11-15)23-17-9-16-12-22-13-19(16)18(10-17)14-5-2-1-3-6-14/h1-11,22H,12-13H2,(H,23,24). The summed E-state index contributed by atoms with van der Waals surface area (Å²) in [4.78, 5) is 16.4. The summed E-state index contributed by atoms with van der Waals surface area (Å²) >= 11 is 0. The first-order chi connectivity index (χ1) is 11.8. The van der Waals surface area contributed by atoms with E-state index in [1.165, 1.54) is 16.7 Å². The van der Waals surface area contributed by atoms with E-state index in [9.17, 15) is 4.79 Å². The van der Waals surface area contributed by atoms with Crippen molar-refractivity contribution in [2.75, 3.05) is 5.32 Å². The summed E-state index contributed by atoms with van der Waals surface area (Å²) in [7, 11) is 0. The molecule has 2 aromatic carbocycles. The number of carbonyl (C=O) groups excluding carboxylic acids is 1. The molecule has 1 aromatic heterocycles. The molecule has 4 nitrogen and oxygen atoms in total. The quantitative estimate of drug-likeness (QED) is 0.776. The number of rotatable bonds is 3. The molecule has 1 amide bonds. The lowest BCUT2D eigenvalue weighted by molar-refractivity contribution is 0.102. The van der Waals surface area contributed by atoms with Crippen molar-refractivity contribution in [1.82, 2.24) is 10.3 Å². The van der Waals surface area contributed by atoms with Crippen LogP contribution in [0.2, 0.25) is 0 Å². The third-order valence-corrected chi connectivity index (χ3v) is 4.23. The molecule has 2 N–H and O–H groups in total. The smallest absolute Gasteiger partial charge is 0.257 e. The van der Waals surface area contributed by atoms with Crippen LogP contribution in [0.1, 0.15) is 21.5 Å². The summed E-state index contributed by atoms with van der Waals surface area (Å²) in [5.74, 6) is -0.145. The number of aromatic nitrogens is 1. The zero-order valence-corrected chi connectivity index (χ0v) is 13.1. The van der Waals surface area contributed by atoms with Gasteiger partial charge in [0.25, 0.3) is 5.91 Å². The summed E-state index contributed by atoms with van der Waals surface area (Å²) in [5.41, 5.74) is 6.23. The molecule has 0 fully saturated rings. The van der Waals surface area contributed by atoms with E-state index in [0.29, 0.717) is 5.56 Å². The van der Waals surface area contributed by atoms with E-state index in [1.54, 1.807) is 24.5 Å². The molecule has 0 saturated carbocycles. The van der Waals surface area contributed by atoms with E-state index in [1.807, 2.05) is 18.2 Å². The SMILES string of the molecule is O=C(Nc1cc2c(c(-c3ccccc3)c1)CNC2)c1cccnc1. The lowest BCUT2D eigenvalue weighted by atomic mass is 9.96. The Bertz CT molecular complexity index is 876. The van der Waals surface area contributed by atoms with Crippen molar-refractivity contribution in [3.05, 3.63) is 83.7 Å². The Balaban J connectivity index is 1.71. The molecule has 118 valence electrons. The van der Waals surface area contributed by atoms with Gasteiger partial charge in [0, 0.05) is 31.2 Å². The Kier molecular flexibility index (Phi) is 3.81. The maximum atomic E-state index is 12.4. The minimum Gasteiger partial charge on any atom is -0.322 e. The molecule has 2 heterocycles. The van der Waals surface area contributed by atoms with Crippen molar-refractivity contribution >= 4 is 11.6 Å². The van der Waals surface area contributed by atoms with Gasteiger partial charge in [0.15, 0.2) is 0 Å². The van der Waals surface area contributed by atoms with Crippen molar-refractivity contribution in [2.24, 2.45) is 0 Å². The molecule has 3 aromatic rings. The highest BCUT2D eigenvalue weighted by atomic mass is 16.1. The molecular formula is C20H17N3O. The number of benzene rings is 2. The Morgan fingerprint density at radius 1 is 1.04 bits per heavy atom. The van der Waals surface area contributed by atoms with Crippen LogP contribution in [0, 0.1) is 0 Å². The van der Waals surface area contributed by atoms with Gasteiger partial charge in [-0.2, -0.15) is 0 Å². The van der Waals surface area contributed by atoms with Crippen LogP contribution in [0.3, 0.4) is 0 Å². The lowest BCUT2D eigenvalue weighted by Gasteiger charge is -2.13. The average Bonchev–Trinajstić information content (AvgIpc) is 3.11. The van der Waals surface area contributed by atoms with Crippen LogP contribution in [0.4, 0.5) is 5.69 Å². The molecular weight excluding hydrogens is 298 g/mol. The van der Waals surface area contributed by atoms with Crippen LogP contribution in [0.15, 0.2) is 67.0 Å². The fraction of sp³-hybridized carbons (Fsp3) is 0.100. The Labute approximate surface area is 140 Å². The zero-order chi connectivity index (χ0) is 16.4. The molecule has 1 aliphatic heterocycles. The molecule has 1 aliphatic rings. The molecule has 24 heavy (non-hydrogen) atoms. The lowest BCUT2D eigenvalue weighted by Crippen LogP contribution is -2.12. The topological polar surface area (TPSA) is 54.0 Å². The third kappa shape index (κ3) is 2.79. The summed E-state index contributed by atoms with van der Waals surface area (Å²) in [6.45, 7) is 1.68. The summed E-state index contributed by atoms with van der Waals surface area (Å²) < 4.78 is 0. The molecule has 0 bridgehead atoms. The van der Waals surface area contributed by atoms with Crippen molar-refractivity contribution in [3.63, 3.8) is 0 Å². The molecule has 0 atom stereocenters. The van der Waals surface area contributed by atoms with Gasteiger partial charge < -0.3 is 10.6 Å². The largest absolute Gasteiger partial charge is 0.322 e. The third-order valence-electron chi connectivity index (χ3n) is 4.23. The van der Waals surface area contributed by atoms with E-state index >= 15 is 0 Å². The van der Waals surface area contributed by atoms with Crippen LogP contribution in [-0.2, 0) is 13.1 Å². The monoisotopic (exact) mass is 315 g/mol. The van der Waals surface area contributed by atoms with E-state index in [0.717, 1.165) is 24.3 Å². The number of carbonyl (C=O) groups is 1. The van der Waals surface area contributed by atoms with Crippen LogP contribution >= 0.6 is 0 Å². The molecule has 0 unspecified atom stereocenters. The van der Waals surface area contributed by atoms with Gasteiger partial charge >= 0.3 is 0 Å². The maximum absolute atomic E-state index is 12.4. The number of amides is 1. The fourth-order valence-corrected chi connectivity index (χ4v) is 3.07. The highest BCUT2D eigenvalue weighted by Crippen LogP contribution is 2.32. The van der Waals surface area contributed by atoms with Crippen molar-refractivity contribution < 1.29 is 4.79 Å². The second kappa shape index (κ2) is 6.26. The van der Waals surface area contributed by atoms with Gasteiger partial charge in [-0.1, -0.05) is 30.3 Å². The number of fused-ring (bicyclic) bond motifs is 1. The highest BCUT2D eigenvalue weighted by Gasteiger charge is 2.18. The van der Waals surface area contributed by atoms with Gasteiger partial charge in [0.2, 0.25) is 0 Å². The number of hydrogen-bond acceptors (Lipinski definition) is 3. The number of nitrogens with one attached hydrogen (secondary N) is 2. The van der Waals surface area contributed by atoms with Gasteiger partial charge in [-0.15, -0.1) is 0 Å². The minimum absolute atomic E-state index is 0.145. The Hall–Kier alpha value is -2.98. The van der Waals surface area contributed by atoms with Gasteiger partial charge in [-0.25, -0.2) is 0 Å². The Morgan fingerprint density at radius 3 is 2.71 bits per heavy atom. The first-order valence-electron chi connectivity index (χ1n) is 7.94. The minimum atomic E-state index is -0.145. The zero-order valence-electron chi connectivity index (χ0n) is 13.1. The van der Waals surface area contributed by atoms with E-state index in [-0.39, 0.29) is 5.91 Å².